The molecule has 0 bridgehead atoms. The van der Waals surface area contributed by atoms with Crippen molar-refractivity contribution in [3.63, 3.8) is 0 Å². The smallest absolute Gasteiger partial charge is 0.208 e. The lowest BCUT2D eigenvalue weighted by Gasteiger charge is -2.20. The molecule has 1 aliphatic rings. The van der Waals surface area contributed by atoms with Crippen molar-refractivity contribution < 1.29 is 0 Å². The molecular weight excluding hydrogens is 260 g/mol. The second kappa shape index (κ2) is 4.90. The third-order valence-corrected chi connectivity index (χ3v) is 4.17. The number of hydrogen-bond acceptors (Lipinski definition) is 3. The molecule has 2 N–H and O–H groups in total. The highest BCUT2D eigenvalue weighted by Gasteiger charge is 2.14. The number of aromatic nitrogens is 2. The van der Waals surface area contributed by atoms with Gasteiger partial charge < -0.3 is 15.2 Å². The zero-order valence-electron chi connectivity index (χ0n) is 12.1. The van der Waals surface area contributed by atoms with Crippen molar-refractivity contribution in [2.45, 2.75) is 13.0 Å². The second-order valence-electron chi connectivity index (χ2n) is 5.48. The second-order valence-corrected chi connectivity index (χ2v) is 5.48. The highest BCUT2D eigenvalue weighted by Crippen LogP contribution is 2.27. The van der Waals surface area contributed by atoms with Gasteiger partial charge in [0.1, 0.15) is 0 Å². The molecule has 1 aliphatic heterocycles. The van der Waals surface area contributed by atoms with E-state index in [0.717, 1.165) is 36.5 Å². The van der Waals surface area contributed by atoms with E-state index in [1.807, 2.05) is 18.2 Å². The lowest BCUT2D eigenvalue weighted by Crippen LogP contribution is -2.24. The number of para-hydroxylation sites is 2. The largest absolute Gasteiger partial charge is 0.325 e. The van der Waals surface area contributed by atoms with Gasteiger partial charge in [-0.3, -0.25) is 0 Å². The van der Waals surface area contributed by atoms with Crippen molar-refractivity contribution in [3.05, 3.63) is 53.6 Å². The van der Waals surface area contributed by atoms with Gasteiger partial charge in [-0.2, -0.15) is 0 Å². The first-order chi connectivity index (χ1) is 10.3. The van der Waals surface area contributed by atoms with Crippen LogP contribution in [0.3, 0.4) is 0 Å². The lowest BCUT2D eigenvalue weighted by molar-refractivity contribution is 0.645. The molecule has 4 rings (SSSR count). The Labute approximate surface area is 123 Å². The third-order valence-electron chi connectivity index (χ3n) is 4.17. The van der Waals surface area contributed by atoms with E-state index in [2.05, 4.69) is 46.5 Å². The zero-order chi connectivity index (χ0) is 14.2. The Hall–Kier alpha value is -2.33. The van der Waals surface area contributed by atoms with Crippen molar-refractivity contribution in [1.82, 2.24) is 14.9 Å². The maximum absolute atomic E-state index is 4.69. The predicted molar refractivity (Wildman–Crippen MR) is 85.8 cm³/mol. The van der Waals surface area contributed by atoms with Crippen LogP contribution in [0, 0.1) is 0 Å². The SMILES string of the molecule is Cn1c(Nc2cccc3c2CCNC3)nc2ccccc21. The van der Waals surface area contributed by atoms with Gasteiger partial charge in [-0.05, 0) is 42.3 Å². The Morgan fingerprint density at radius 1 is 1.14 bits per heavy atom. The monoisotopic (exact) mass is 278 g/mol. The first-order valence-electron chi connectivity index (χ1n) is 7.33. The van der Waals surface area contributed by atoms with Crippen LogP contribution in [-0.2, 0) is 20.0 Å². The van der Waals surface area contributed by atoms with E-state index in [9.17, 15) is 0 Å². The summed E-state index contributed by atoms with van der Waals surface area (Å²) in [5.74, 6) is 0.892. The molecule has 0 radical (unpaired) electrons. The minimum atomic E-state index is 0.892. The summed E-state index contributed by atoms with van der Waals surface area (Å²) in [6.07, 6.45) is 1.06. The quantitative estimate of drug-likeness (QED) is 0.757. The Morgan fingerprint density at radius 2 is 2.05 bits per heavy atom. The standard InChI is InChI=1S/C17H18N4/c1-21-16-8-3-2-6-15(16)20-17(21)19-14-7-4-5-12-11-18-10-9-13(12)14/h2-8,18H,9-11H2,1H3,(H,19,20). The molecule has 2 heterocycles. The van der Waals surface area contributed by atoms with Crippen molar-refractivity contribution in [2.24, 2.45) is 7.05 Å². The summed E-state index contributed by atoms with van der Waals surface area (Å²) in [6, 6.07) is 14.7. The molecule has 4 nitrogen and oxygen atoms in total. The Morgan fingerprint density at radius 3 is 2.95 bits per heavy atom. The number of rotatable bonds is 2. The van der Waals surface area contributed by atoms with Crippen molar-refractivity contribution in [1.29, 1.82) is 0 Å². The fourth-order valence-electron chi connectivity index (χ4n) is 3.03. The van der Waals surface area contributed by atoms with Crippen LogP contribution in [0.25, 0.3) is 11.0 Å². The lowest BCUT2D eigenvalue weighted by atomic mass is 9.99. The maximum atomic E-state index is 4.69. The average molecular weight is 278 g/mol. The highest BCUT2D eigenvalue weighted by molar-refractivity contribution is 5.79. The molecule has 4 heteroatoms. The number of aryl methyl sites for hydroxylation is 1. The van der Waals surface area contributed by atoms with Gasteiger partial charge in [0.25, 0.3) is 0 Å². The van der Waals surface area contributed by atoms with E-state index in [0.29, 0.717) is 0 Å². The summed E-state index contributed by atoms with van der Waals surface area (Å²) in [7, 11) is 2.05. The number of nitrogens with zero attached hydrogens (tertiary/aromatic N) is 2. The Balaban J connectivity index is 1.77. The van der Waals surface area contributed by atoms with Gasteiger partial charge in [0, 0.05) is 19.3 Å². The summed E-state index contributed by atoms with van der Waals surface area (Å²) < 4.78 is 2.11. The zero-order valence-corrected chi connectivity index (χ0v) is 12.1. The highest BCUT2D eigenvalue weighted by atomic mass is 15.2. The number of imidazole rings is 1. The molecule has 21 heavy (non-hydrogen) atoms. The van der Waals surface area contributed by atoms with E-state index in [4.69, 9.17) is 4.98 Å². The fourth-order valence-corrected chi connectivity index (χ4v) is 3.03. The Kier molecular flexibility index (Phi) is 2.89. The van der Waals surface area contributed by atoms with Gasteiger partial charge in [0.15, 0.2) is 0 Å². The summed E-state index contributed by atoms with van der Waals surface area (Å²) >= 11 is 0. The van der Waals surface area contributed by atoms with Gasteiger partial charge in [-0.1, -0.05) is 24.3 Å². The molecule has 2 aromatic carbocycles. The molecule has 106 valence electrons. The van der Waals surface area contributed by atoms with Crippen molar-refractivity contribution in [2.75, 3.05) is 11.9 Å². The predicted octanol–water partition coefficient (Wildman–Crippen LogP) is 2.96. The number of anilines is 2. The van der Waals surface area contributed by atoms with Crippen LogP contribution in [0.2, 0.25) is 0 Å². The van der Waals surface area contributed by atoms with Crippen molar-refractivity contribution >= 4 is 22.7 Å². The van der Waals surface area contributed by atoms with Crippen LogP contribution in [0.1, 0.15) is 11.1 Å². The average Bonchev–Trinajstić information content (AvgIpc) is 2.85. The van der Waals surface area contributed by atoms with Crippen LogP contribution in [0.4, 0.5) is 11.6 Å². The molecular formula is C17H18N4. The van der Waals surface area contributed by atoms with Crippen LogP contribution in [-0.4, -0.2) is 16.1 Å². The number of nitrogens with one attached hydrogen (secondary N) is 2. The van der Waals surface area contributed by atoms with E-state index < -0.39 is 0 Å². The molecule has 3 aromatic rings. The molecule has 0 amide bonds. The van der Waals surface area contributed by atoms with Gasteiger partial charge in [0.2, 0.25) is 5.95 Å². The molecule has 0 fully saturated rings. The van der Waals surface area contributed by atoms with Crippen molar-refractivity contribution in [3.8, 4) is 0 Å². The van der Waals surface area contributed by atoms with Gasteiger partial charge in [-0.15, -0.1) is 0 Å². The van der Waals surface area contributed by atoms with Crippen LogP contribution in [0.5, 0.6) is 0 Å². The van der Waals surface area contributed by atoms with E-state index in [-0.39, 0.29) is 0 Å². The molecule has 0 saturated carbocycles. The topological polar surface area (TPSA) is 41.9 Å². The van der Waals surface area contributed by atoms with E-state index >= 15 is 0 Å². The minimum absolute atomic E-state index is 0.892. The molecule has 0 unspecified atom stereocenters. The summed E-state index contributed by atoms with van der Waals surface area (Å²) in [6.45, 7) is 1.99. The first-order valence-corrected chi connectivity index (χ1v) is 7.33. The molecule has 0 saturated heterocycles. The molecule has 0 atom stereocenters. The molecule has 0 aliphatic carbocycles. The summed E-state index contributed by atoms with van der Waals surface area (Å²) in [4.78, 5) is 4.69. The number of fused-ring (bicyclic) bond motifs is 2. The summed E-state index contributed by atoms with van der Waals surface area (Å²) in [5, 5.41) is 6.93. The first kappa shape index (κ1) is 12.4. The van der Waals surface area contributed by atoms with E-state index in [1.54, 1.807) is 0 Å². The molecule has 0 spiro atoms. The molecule has 1 aromatic heterocycles. The minimum Gasteiger partial charge on any atom is -0.325 e. The third kappa shape index (κ3) is 2.08. The fraction of sp³-hybridized carbons (Fsp3) is 0.235. The van der Waals surface area contributed by atoms with Gasteiger partial charge in [0.05, 0.1) is 11.0 Å². The normalized spacial score (nSPS) is 14.1. The maximum Gasteiger partial charge on any atom is 0.208 e. The van der Waals surface area contributed by atoms with Gasteiger partial charge in [-0.25, -0.2) is 4.98 Å². The van der Waals surface area contributed by atoms with Crippen LogP contribution < -0.4 is 10.6 Å². The van der Waals surface area contributed by atoms with Gasteiger partial charge >= 0.3 is 0 Å². The van der Waals surface area contributed by atoms with Crippen LogP contribution in [0.15, 0.2) is 42.5 Å². The number of hydrogen-bond donors (Lipinski definition) is 2. The summed E-state index contributed by atoms with van der Waals surface area (Å²) in [5.41, 5.74) is 6.13. The van der Waals surface area contributed by atoms with E-state index in [1.165, 1.54) is 16.8 Å². The van der Waals surface area contributed by atoms with Crippen LogP contribution >= 0.6 is 0 Å². The number of benzene rings is 2. The Bertz CT molecular complexity index is 804.